The highest BCUT2D eigenvalue weighted by atomic mass is 19.4. The first-order valence-corrected chi connectivity index (χ1v) is 8.00. The molecule has 0 saturated heterocycles. The lowest BCUT2D eigenvalue weighted by Gasteiger charge is -2.23. The molecule has 27 heavy (non-hydrogen) atoms. The zero-order valence-electron chi connectivity index (χ0n) is 14.1. The van der Waals surface area contributed by atoms with Crippen LogP contribution in [-0.2, 0) is 15.8 Å². The molecular formula is C19H15F3N2O3. The van der Waals surface area contributed by atoms with Gasteiger partial charge in [0.25, 0.3) is 5.91 Å². The van der Waals surface area contributed by atoms with Crippen LogP contribution in [0.4, 0.5) is 24.5 Å². The molecule has 0 saturated carbocycles. The van der Waals surface area contributed by atoms with Crippen molar-refractivity contribution in [3.63, 3.8) is 0 Å². The number of rotatable bonds is 3. The molecule has 1 unspecified atom stereocenters. The van der Waals surface area contributed by atoms with Crippen molar-refractivity contribution in [1.29, 1.82) is 0 Å². The minimum absolute atomic E-state index is 0.284. The maximum atomic E-state index is 12.5. The van der Waals surface area contributed by atoms with Crippen molar-refractivity contribution < 1.29 is 27.5 Å². The van der Waals surface area contributed by atoms with Gasteiger partial charge in [-0.15, -0.1) is 0 Å². The van der Waals surface area contributed by atoms with E-state index in [4.69, 9.17) is 4.74 Å². The molecule has 0 aromatic heterocycles. The monoisotopic (exact) mass is 376 g/mol. The van der Waals surface area contributed by atoms with E-state index in [-0.39, 0.29) is 5.91 Å². The van der Waals surface area contributed by atoms with Gasteiger partial charge in [-0.3, -0.25) is 9.59 Å². The number of benzene rings is 2. The van der Waals surface area contributed by atoms with Crippen LogP contribution in [0, 0.1) is 0 Å². The number of halogens is 3. The van der Waals surface area contributed by atoms with E-state index in [0.29, 0.717) is 22.7 Å². The molecule has 2 aromatic carbocycles. The Morgan fingerprint density at radius 2 is 1.89 bits per heavy atom. The number of ether oxygens (including phenoxy) is 1. The van der Waals surface area contributed by atoms with Crippen molar-refractivity contribution in [3.8, 4) is 5.75 Å². The van der Waals surface area contributed by atoms with Crippen molar-refractivity contribution in [2.75, 3.05) is 10.6 Å². The number of fused-ring (bicyclic) bond motifs is 1. The van der Waals surface area contributed by atoms with E-state index >= 15 is 0 Å². The molecule has 0 radical (unpaired) electrons. The van der Waals surface area contributed by atoms with Gasteiger partial charge in [0.15, 0.2) is 6.10 Å². The molecule has 5 nitrogen and oxygen atoms in total. The Bertz CT molecular complexity index is 905. The summed E-state index contributed by atoms with van der Waals surface area (Å²) in [6, 6.07) is 9.25. The van der Waals surface area contributed by atoms with Crippen LogP contribution in [0.5, 0.6) is 5.75 Å². The molecule has 1 aliphatic heterocycles. The summed E-state index contributed by atoms with van der Waals surface area (Å²) in [5.74, 6) is -0.250. The van der Waals surface area contributed by atoms with Crippen LogP contribution in [0.3, 0.4) is 0 Å². The minimum Gasteiger partial charge on any atom is -0.479 e. The molecule has 0 spiro atoms. The fraction of sp³-hybridized carbons (Fsp3) is 0.158. The van der Waals surface area contributed by atoms with Crippen LogP contribution >= 0.6 is 0 Å². The number of carbonyl (C=O) groups is 2. The Morgan fingerprint density at radius 3 is 2.56 bits per heavy atom. The third-order valence-corrected chi connectivity index (χ3v) is 3.84. The zero-order valence-corrected chi connectivity index (χ0v) is 14.1. The second-order valence-electron chi connectivity index (χ2n) is 5.90. The molecule has 0 fully saturated rings. The zero-order chi connectivity index (χ0) is 19.6. The quantitative estimate of drug-likeness (QED) is 0.794. The fourth-order valence-corrected chi connectivity index (χ4v) is 2.43. The second kappa shape index (κ2) is 7.14. The van der Waals surface area contributed by atoms with Gasteiger partial charge < -0.3 is 15.4 Å². The maximum Gasteiger partial charge on any atom is 0.416 e. The summed E-state index contributed by atoms with van der Waals surface area (Å²) in [7, 11) is 0. The number of nitrogens with one attached hydrogen (secondary N) is 2. The number of anilines is 2. The highest BCUT2D eigenvalue weighted by Gasteiger charge is 2.29. The van der Waals surface area contributed by atoms with Gasteiger partial charge in [-0.25, -0.2) is 0 Å². The van der Waals surface area contributed by atoms with E-state index in [1.807, 2.05) is 0 Å². The standard InChI is InChI=1S/C19H15F3N2O3/c1-11-18(26)24-15-10-14(7-8-16(15)27-11)23-17(25)9-4-12-2-5-13(6-3-12)19(20,21)22/h2-11H,1H3,(H,23,25)(H,24,26)/b9-4+. The molecular weight excluding hydrogens is 361 g/mol. The topological polar surface area (TPSA) is 67.4 Å². The van der Waals surface area contributed by atoms with E-state index < -0.39 is 23.8 Å². The summed E-state index contributed by atoms with van der Waals surface area (Å²) in [5, 5.41) is 5.28. The third-order valence-electron chi connectivity index (χ3n) is 3.84. The highest BCUT2D eigenvalue weighted by molar-refractivity contribution is 6.03. The van der Waals surface area contributed by atoms with Gasteiger partial charge in [0.05, 0.1) is 11.3 Å². The van der Waals surface area contributed by atoms with Gasteiger partial charge in [-0.05, 0) is 48.9 Å². The Labute approximate surface area is 152 Å². The fourth-order valence-electron chi connectivity index (χ4n) is 2.43. The van der Waals surface area contributed by atoms with E-state index in [0.717, 1.165) is 12.1 Å². The highest BCUT2D eigenvalue weighted by Crippen LogP contribution is 2.32. The lowest BCUT2D eigenvalue weighted by Crippen LogP contribution is -2.34. The van der Waals surface area contributed by atoms with E-state index in [2.05, 4.69) is 10.6 Å². The van der Waals surface area contributed by atoms with Crippen LogP contribution in [-0.4, -0.2) is 17.9 Å². The Kier molecular flexibility index (Phi) is 4.89. The number of alkyl halides is 3. The first kappa shape index (κ1) is 18.5. The Morgan fingerprint density at radius 1 is 1.19 bits per heavy atom. The van der Waals surface area contributed by atoms with Crippen molar-refractivity contribution in [2.24, 2.45) is 0 Å². The predicted octanol–water partition coefficient (Wildman–Crippen LogP) is 4.08. The SMILES string of the molecule is CC1Oc2ccc(NC(=O)/C=C/c3ccc(C(F)(F)F)cc3)cc2NC1=O. The van der Waals surface area contributed by atoms with Crippen molar-refractivity contribution in [2.45, 2.75) is 19.2 Å². The second-order valence-corrected chi connectivity index (χ2v) is 5.90. The first-order chi connectivity index (χ1) is 12.7. The number of hydrogen-bond acceptors (Lipinski definition) is 3. The van der Waals surface area contributed by atoms with Crippen molar-refractivity contribution in [3.05, 3.63) is 59.7 Å². The smallest absolute Gasteiger partial charge is 0.416 e. The van der Waals surface area contributed by atoms with Crippen LogP contribution in [0.1, 0.15) is 18.1 Å². The average Bonchev–Trinajstić information content (AvgIpc) is 2.61. The molecule has 2 amide bonds. The van der Waals surface area contributed by atoms with Gasteiger partial charge in [0, 0.05) is 11.8 Å². The van der Waals surface area contributed by atoms with E-state index in [1.165, 1.54) is 24.3 Å². The predicted molar refractivity (Wildman–Crippen MR) is 94.3 cm³/mol. The van der Waals surface area contributed by atoms with E-state index in [1.54, 1.807) is 25.1 Å². The molecule has 8 heteroatoms. The van der Waals surface area contributed by atoms with Crippen LogP contribution in [0.25, 0.3) is 6.08 Å². The summed E-state index contributed by atoms with van der Waals surface area (Å²) in [4.78, 5) is 23.6. The lowest BCUT2D eigenvalue weighted by molar-refractivity contribution is -0.137. The number of hydrogen-bond donors (Lipinski definition) is 2. The molecule has 1 heterocycles. The molecule has 3 rings (SSSR count). The third kappa shape index (κ3) is 4.46. The average molecular weight is 376 g/mol. The molecule has 1 atom stereocenters. The van der Waals surface area contributed by atoms with Gasteiger partial charge in [-0.1, -0.05) is 12.1 Å². The summed E-state index contributed by atoms with van der Waals surface area (Å²) in [5.41, 5.74) is 0.590. The summed E-state index contributed by atoms with van der Waals surface area (Å²) < 4.78 is 43.0. The lowest BCUT2D eigenvalue weighted by atomic mass is 10.1. The Hall–Kier alpha value is -3.29. The summed E-state index contributed by atoms with van der Waals surface area (Å²) >= 11 is 0. The van der Waals surface area contributed by atoms with Crippen molar-refractivity contribution >= 4 is 29.3 Å². The molecule has 2 N–H and O–H groups in total. The molecule has 140 valence electrons. The number of amides is 2. The minimum atomic E-state index is -4.40. The van der Waals surface area contributed by atoms with Crippen LogP contribution in [0.2, 0.25) is 0 Å². The van der Waals surface area contributed by atoms with Crippen molar-refractivity contribution in [1.82, 2.24) is 0 Å². The molecule has 1 aliphatic rings. The molecule has 0 aliphatic carbocycles. The van der Waals surface area contributed by atoms with E-state index in [9.17, 15) is 22.8 Å². The van der Waals surface area contributed by atoms with Gasteiger partial charge in [-0.2, -0.15) is 13.2 Å². The Balaban J connectivity index is 1.65. The maximum absolute atomic E-state index is 12.5. The number of carbonyl (C=O) groups excluding carboxylic acids is 2. The normalized spacial score (nSPS) is 16.4. The van der Waals surface area contributed by atoms with Gasteiger partial charge >= 0.3 is 6.18 Å². The largest absolute Gasteiger partial charge is 0.479 e. The van der Waals surface area contributed by atoms with Gasteiger partial charge in [0.1, 0.15) is 5.75 Å². The van der Waals surface area contributed by atoms with Crippen LogP contribution < -0.4 is 15.4 Å². The van der Waals surface area contributed by atoms with Crippen LogP contribution in [0.15, 0.2) is 48.5 Å². The first-order valence-electron chi connectivity index (χ1n) is 8.00. The summed E-state index contributed by atoms with van der Waals surface area (Å²) in [6.45, 7) is 1.63. The summed E-state index contributed by atoms with van der Waals surface area (Å²) in [6.07, 6.45) is -2.38. The van der Waals surface area contributed by atoms with Gasteiger partial charge in [0.2, 0.25) is 5.91 Å². The molecule has 0 bridgehead atoms. The molecule has 2 aromatic rings.